The fraction of sp³-hybridized carbons (Fsp3) is 0.400. The van der Waals surface area contributed by atoms with Crippen molar-refractivity contribution in [2.24, 2.45) is 0 Å². The Hall–Kier alpha value is -0.740. The largest absolute Gasteiger partial charge is 0.270 e. The Labute approximate surface area is 94.7 Å². The molecule has 1 aliphatic rings. The molecule has 1 fully saturated rings. The van der Waals surface area contributed by atoms with E-state index in [4.69, 9.17) is 11.6 Å². The molecule has 0 unspecified atom stereocenters. The summed E-state index contributed by atoms with van der Waals surface area (Å²) in [6, 6.07) is 5.34. The van der Waals surface area contributed by atoms with E-state index < -0.39 is 10.0 Å². The van der Waals surface area contributed by atoms with Gasteiger partial charge in [-0.2, -0.15) is 0 Å². The number of hydrogen-bond acceptors (Lipinski definition) is 2. The molecule has 0 radical (unpaired) electrons. The van der Waals surface area contributed by atoms with E-state index in [1.807, 2.05) is 13.0 Å². The van der Waals surface area contributed by atoms with Crippen LogP contribution in [0.4, 0.5) is 5.69 Å². The van der Waals surface area contributed by atoms with Crippen LogP contribution in [0.25, 0.3) is 0 Å². The predicted octanol–water partition coefficient (Wildman–Crippen LogP) is 2.19. The minimum atomic E-state index is -3.10. The molecule has 82 valence electrons. The van der Waals surface area contributed by atoms with Crippen molar-refractivity contribution in [3.63, 3.8) is 0 Å². The molecule has 0 aliphatic carbocycles. The summed E-state index contributed by atoms with van der Waals surface area (Å²) in [5, 5.41) is 0.606. The average Bonchev–Trinajstić information content (AvgIpc) is 2.50. The van der Waals surface area contributed by atoms with Gasteiger partial charge in [-0.25, -0.2) is 8.42 Å². The van der Waals surface area contributed by atoms with Gasteiger partial charge in [0.1, 0.15) is 0 Å². The lowest BCUT2D eigenvalue weighted by Crippen LogP contribution is -2.24. The summed E-state index contributed by atoms with van der Waals surface area (Å²) in [6.45, 7) is 2.45. The Morgan fingerprint density at radius 1 is 1.40 bits per heavy atom. The Balaban J connectivity index is 2.42. The van der Waals surface area contributed by atoms with Crippen LogP contribution in [0, 0.1) is 6.92 Å². The molecular formula is C10H12ClNO2S. The van der Waals surface area contributed by atoms with Gasteiger partial charge in [-0.3, -0.25) is 4.31 Å². The number of aryl methyl sites for hydroxylation is 1. The summed E-state index contributed by atoms with van der Waals surface area (Å²) < 4.78 is 24.7. The van der Waals surface area contributed by atoms with Crippen LogP contribution in [-0.2, 0) is 10.0 Å². The topological polar surface area (TPSA) is 37.4 Å². The zero-order valence-electron chi connectivity index (χ0n) is 8.40. The van der Waals surface area contributed by atoms with Gasteiger partial charge in [0.15, 0.2) is 0 Å². The molecule has 0 saturated carbocycles. The molecule has 0 N–H and O–H groups in total. The Kier molecular flexibility index (Phi) is 2.64. The molecule has 1 aromatic rings. The van der Waals surface area contributed by atoms with E-state index in [0.29, 0.717) is 23.7 Å². The van der Waals surface area contributed by atoms with Gasteiger partial charge in [0.05, 0.1) is 11.4 Å². The number of benzene rings is 1. The van der Waals surface area contributed by atoms with E-state index in [9.17, 15) is 8.42 Å². The summed E-state index contributed by atoms with van der Waals surface area (Å²) in [5.74, 6) is 0.235. The van der Waals surface area contributed by atoms with Crippen LogP contribution in [0.2, 0.25) is 5.02 Å². The maximum absolute atomic E-state index is 11.6. The van der Waals surface area contributed by atoms with Crippen LogP contribution in [0.5, 0.6) is 0 Å². The van der Waals surface area contributed by atoms with Crippen molar-refractivity contribution < 1.29 is 8.42 Å². The maximum atomic E-state index is 11.6. The molecule has 0 amide bonds. The number of anilines is 1. The third kappa shape index (κ3) is 1.96. The van der Waals surface area contributed by atoms with E-state index in [0.717, 1.165) is 5.56 Å². The lowest BCUT2D eigenvalue weighted by molar-refractivity contribution is 0.599. The van der Waals surface area contributed by atoms with Crippen molar-refractivity contribution in [1.29, 1.82) is 0 Å². The van der Waals surface area contributed by atoms with Gasteiger partial charge in [-0.05, 0) is 31.0 Å². The minimum absolute atomic E-state index is 0.235. The first-order chi connectivity index (χ1) is 7.00. The van der Waals surface area contributed by atoms with Crippen LogP contribution in [0.3, 0.4) is 0 Å². The lowest BCUT2D eigenvalue weighted by atomic mass is 10.2. The highest BCUT2D eigenvalue weighted by Gasteiger charge is 2.28. The molecule has 1 aromatic carbocycles. The molecule has 15 heavy (non-hydrogen) atoms. The molecule has 1 heterocycles. The summed E-state index contributed by atoms with van der Waals surface area (Å²) in [4.78, 5) is 0. The van der Waals surface area contributed by atoms with Gasteiger partial charge >= 0.3 is 0 Å². The second-order valence-corrected chi connectivity index (χ2v) is 6.10. The van der Waals surface area contributed by atoms with Crippen molar-refractivity contribution in [3.8, 4) is 0 Å². The van der Waals surface area contributed by atoms with Crippen molar-refractivity contribution >= 4 is 27.3 Å². The third-order valence-electron chi connectivity index (χ3n) is 2.54. The average molecular weight is 246 g/mol. The van der Waals surface area contributed by atoms with Gasteiger partial charge in [-0.15, -0.1) is 0 Å². The van der Waals surface area contributed by atoms with E-state index in [1.165, 1.54) is 4.31 Å². The highest BCUT2D eigenvalue weighted by molar-refractivity contribution is 7.93. The van der Waals surface area contributed by atoms with E-state index >= 15 is 0 Å². The molecule has 2 rings (SSSR count). The van der Waals surface area contributed by atoms with Crippen molar-refractivity contribution in [1.82, 2.24) is 0 Å². The van der Waals surface area contributed by atoms with Gasteiger partial charge < -0.3 is 0 Å². The number of halogens is 1. The molecule has 0 spiro atoms. The molecule has 1 aliphatic heterocycles. The Bertz CT molecular complexity index is 484. The fourth-order valence-corrected chi connectivity index (χ4v) is 3.40. The zero-order valence-corrected chi connectivity index (χ0v) is 9.98. The quantitative estimate of drug-likeness (QED) is 0.761. The van der Waals surface area contributed by atoms with Gasteiger partial charge in [0.2, 0.25) is 10.0 Å². The standard InChI is InChI=1S/C10H12ClNO2S/c1-8-3-4-9(7-10(8)11)12-5-2-6-15(12,13)14/h3-4,7H,2,5-6H2,1H3. The van der Waals surface area contributed by atoms with Crippen LogP contribution < -0.4 is 4.31 Å². The first-order valence-electron chi connectivity index (χ1n) is 4.77. The van der Waals surface area contributed by atoms with Gasteiger partial charge in [0.25, 0.3) is 0 Å². The number of nitrogens with zero attached hydrogens (tertiary/aromatic N) is 1. The Morgan fingerprint density at radius 3 is 2.67 bits per heavy atom. The lowest BCUT2D eigenvalue weighted by Gasteiger charge is -2.17. The maximum Gasteiger partial charge on any atom is 0.235 e. The smallest absolute Gasteiger partial charge is 0.235 e. The molecule has 0 aromatic heterocycles. The SMILES string of the molecule is Cc1ccc(N2CCCS2(=O)=O)cc1Cl. The minimum Gasteiger partial charge on any atom is -0.270 e. The van der Waals surface area contributed by atoms with Crippen LogP contribution in [0.15, 0.2) is 18.2 Å². The fourth-order valence-electron chi connectivity index (χ4n) is 1.67. The third-order valence-corrected chi connectivity index (χ3v) is 4.82. The molecule has 1 saturated heterocycles. The van der Waals surface area contributed by atoms with Crippen molar-refractivity contribution in [3.05, 3.63) is 28.8 Å². The van der Waals surface area contributed by atoms with Crippen LogP contribution in [-0.4, -0.2) is 20.7 Å². The highest BCUT2D eigenvalue weighted by atomic mass is 35.5. The highest BCUT2D eigenvalue weighted by Crippen LogP contribution is 2.28. The monoisotopic (exact) mass is 245 g/mol. The van der Waals surface area contributed by atoms with Crippen molar-refractivity contribution in [2.75, 3.05) is 16.6 Å². The number of rotatable bonds is 1. The van der Waals surface area contributed by atoms with Crippen LogP contribution >= 0.6 is 11.6 Å². The van der Waals surface area contributed by atoms with E-state index in [-0.39, 0.29) is 5.75 Å². The van der Waals surface area contributed by atoms with Gasteiger partial charge in [-0.1, -0.05) is 17.7 Å². The predicted molar refractivity (Wildman–Crippen MR) is 61.9 cm³/mol. The van der Waals surface area contributed by atoms with E-state index in [2.05, 4.69) is 0 Å². The summed E-state index contributed by atoms with van der Waals surface area (Å²) in [6.07, 6.45) is 0.688. The second kappa shape index (κ2) is 3.68. The first kappa shape index (κ1) is 10.8. The first-order valence-corrected chi connectivity index (χ1v) is 6.76. The van der Waals surface area contributed by atoms with Crippen LogP contribution in [0.1, 0.15) is 12.0 Å². The Morgan fingerprint density at radius 2 is 2.13 bits per heavy atom. The van der Waals surface area contributed by atoms with Gasteiger partial charge in [0, 0.05) is 11.6 Å². The molecule has 5 heteroatoms. The second-order valence-electron chi connectivity index (χ2n) is 3.68. The number of hydrogen-bond donors (Lipinski definition) is 0. The molecule has 0 atom stereocenters. The van der Waals surface area contributed by atoms with E-state index in [1.54, 1.807) is 12.1 Å². The zero-order chi connectivity index (χ0) is 11.1. The molecular weight excluding hydrogens is 234 g/mol. The summed E-state index contributed by atoms with van der Waals surface area (Å²) in [7, 11) is -3.10. The molecule has 3 nitrogen and oxygen atoms in total. The van der Waals surface area contributed by atoms with Crippen molar-refractivity contribution in [2.45, 2.75) is 13.3 Å². The normalized spacial score (nSPS) is 19.5. The summed E-state index contributed by atoms with van der Waals surface area (Å²) >= 11 is 5.96. The number of sulfonamides is 1. The molecule has 0 bridgehead atoms. The summed E-state index contributed by atoms with van der Waals surface area (Å²) in [5.41, 5.74) is 1.63.